The summed E-state index contributed by atoms with van der Waals surface area (Å²) in [5.74, 6) is 0. The lowest BCUT2D eigenvalue weighted by Crippen LogP contribution is -2.43. The van der Waals surface area contributed by atoms with Gasteiger partial charge in [0, 0.05) is 24.6 Å². The van der Waals surface area contributed by atoms with Crippen molar-refractivity contribution in [1.29, 1.82) is 0 Å². The minimum Gasteiger partial charge on any atom is -0.386 e. The highest BCUT2D eigenvalue weighted by Crippen LogP contribution is 2.32. The molecule has 2 N–H and O–H groups in total. The second-order valence-electron chi connectivity index (χ2n) is 4.55. The molecule has 0 aromatic heterocycles. The number of ether oxygens (including phenoxy) is 1. The van der Waals surface area contributed by atoms with Crippen molar-refractivity contribution in [2.45, 2.75) is 16.9 Å². The van der Waals surface area contributed by atoms with Crippen molar-refractivity contribution in [3.05, 3.63) is 27.2 Å². The Balaban J connectivity index is 2.23. The molecule has 1 fully saturated rings. The zero-order valence-electron chi connectivity index (χ0n) is 10.2. The molecule has 2 rings (SSSR count). The van der Waals surface area contributed by atoms with Crippen LogP contribution in [-0.2, 0) is 14.8 Å². The molecule has 1 saturated heterocycles. The van der Waals surface area contributed by atoms with Gasteiger partial charge in [-0.25, -0.2) is 13.1 Å². The van der Waals surface area contributed by atoms with Crippen LogP contribution in [-0.4, -0.2) is 38.9 Å². The average molecular weight is 361 g/mol. The van der Waals surface area contributed by atoms with E-state index < -0.39 is 15.6 Å². The van der Waals surface area contributed by atoms with Crippen molar-refractivity contribution < 1.29 is 18.3 Å². The summed E-state index contributed by atoms with van der Waals surface area (Å²) in [6.07, 6.45) is 0.359. The predicted molar refractivity (Wildman–Crippen MR) is 77.0 cm³/mol. The van der Waals surface area contributed by atoms with Gasteiger partial charge in [-0.3, -0.25) is 0 Å². The quantitative estimate of drug-likeness (QED) is 0.862. The van der Waals surface area contributed by atoms with Crippen LogP contribution in [0.5, 0.6) is 0 Å². The van der Waals surface area contributed by atoms with Gasteiger partial charge in [0.2, 0.25) is 10.0 Å². The van der Waals surface area contributed by atoms with Gasteiger partial charge in [0.25, 0.3) is 0 Å². The molecule has 0 radical (unpaired) electrons. The van der Waals surface area contributed by atoms with Gasteiger partial charge in [-0.2, -0.15) is 0 Å². The Bertz CT molecular complexity index is 591. The maximum atomic E-state index is 12.2. The molecule has 0 bridgehead atoms. The summed E-state index contributed by atoms with van der Waals surface area (Å²) in [5.41, 5.74) is -1.21. The molecule has 1 aromatic carbocycles. The minimum atomic E-state index is -3.95. The van der Waals surface area contributed by atoms with Crippen molar-refractivity contribution in [3.63, 3.8) is 0 Å². The van der Waals surface area contributed by atoms with Gasteiger partial charge in [-0.05, 0) is 12.1 Å². The van der Waals surface area contributed by atoms with E-state index in [1.54, 1.807) is 0 Å². The largest absolute Gasteiger partial charge is 0.386 e. The van der Waals surface area contributed by atoms with Gasteiger partial charge < -0.3 is 9.84 Å². The highest BCUT2D eigenvalue weighted by Gasteiger charge is 2.34. The second kappa shape index (κ2) is 5.96. The Morgan fingerprint density at radius 1 is 1.30 bits per heavy atom. The van der Waals surface area contributed by atoms with E-state index in [9.17, 15) is 13.5 Å². The molecule has 112 valence electrons. The van der Waals surface area contributed by atoms with Crippen LogP contribution >= 0.6 is 34.8 Å². The minimum absolute atomic E-state index is 0.0790. The van der Waals surface area contributed by atoms with E-state index in [0.29, 0.717) is 13.0 Å². The molecule has 1 aliphatic rings. The maximum absolute atomic E-state index is 12.2. The number of hydrogen-bond donors (Lipinski definition) is 2. The Kier molecular flexibility index (Phi) is 4.86. The van der Waals surface area contributed by atoms with Crippen LogP contribution in [0.3, 0.4) is 0 Å². The Hall–Kier alpha value is -0.0800. The van der Waals surface area contributed by atoms with E-state index in [1.165, 1.54) is 12.1 Å². The van der Waals surface area contributed by atoms with Crippen LogP contribution in [0.1, 0.15) is 6.42 Å². The zero-order chi connectivity index (χ0) is 15.0. The van der Waals surface area contributed by atoms with Gasteiger partial charge in [-0.1, -0.05) is 34.8 Å². The maximum Gasteiger partial charge on any atom is 0.243 e. The van der Waals surface area contributed by atoms with Gasteiger partial charge in [0.15, 0.2) is 0 Å². The van der Waals surface area contributed by atoms with Gasteiger partial charge in [-0.15, -0.1) is 0 Å². The average Bonchev–Trinajstić information content (AvgIpc) is 2.73. The molecule has 0 spiro atoms. The standard InChI is InChI=1S/C11H12Cl3NO4S/c12-7-3-8(13)10(9(14)4-7)20(17,18)15-5-11(16)1-2-19-6-11/h3-4,15-16H,1-2,5-6H2. The van der Waals surface area contributed by atoms with E-state index in [2.05, 4.69) is 4.72 Å². The first kappa shape index (κ1) is 16.3. The molecule has 0 saturated carbocycles. The van der Waals surface area contributed by atoms with E-state index in [4.69, 9.17) is 39.5 Å². The number of benzene rings is 1. The normalized spacial score (nSPS) is 23.2. The molecule has 1 aliphatic heterocycles. The molecule has 1 atom stereocenters. The van der Waals surface area contributed by atoms with Crippen molar-refractivity contribution >= 4 is 44.8 Å². The van der Waals surface area contributed by atoms with Crippen LogP contribution in [0.25, 0.3) is 0 Å². The summed E-state index contributed by atoms with van der Waals surface area (Å²) in [6.45, 7) is 0.295. The molecular formula is C11H12Cl3NO4S. The predicted octanol–water partition coefficient (Wildman–Crippen LogP) is 2.08. The fourth-order valence-electron chi connectivity index (χ4n) is 1.82. The first-order valence-corrected chi connectivity index (χ1v) is 8.30. The lowest BCUT2D eigenvalue weighted by Gasteiger charge is -2.21. The van der Waals surface area contributed by atoms with Crippen molar-refractivity contribution in [1.82, 2.24) is 4.72 Å². The van der Waals surface area contributed by atoms with Crippen molar-refractivity contribution in [2.24, 2.45) is 0 Å². The summed E-state index contributed by atoms with van der Waals surface area (Å²) >= 11 is 17.5. The Labute approximate surface area is 131 Å². The summed E-state index contributed by atoms with van der Waals surface area (Å²) in [4.78, 5) is -0.257. The molecule has 9 heteroatoms. The molecule has 5 nitrogen and oxygen atoms in total. The number of rotatable bonds is 4. The molecule has 1 aromatic rings. The van der Waals surface area contributed by atoms with E-state index in [-0.39, 0.29) is 33.1 Å². The van der Waals surface area contributed by atoms with Gasteiger partial charge in [0.05, 0.1) is 16.7 Å². The lowest BCUT2D eigenvalue weighted by atomic mass is 10.1. The SMILES string of the molecule is O=S(=O)(NCC1(O)CCOC1)c1c(Cl)cc(Cl)cc1Cl. The van der Waals surface area contributed by atoms with Crippen LogP contribution < -0.4 is 4.72 Å². The first-order chi connectivity index (χ1) is 9.23. The van der Waals surface area contributed by atoms with Crippen LogP contribution in [0.2, 0.25) is 15.1 Å². The molecule has 0 amide bonds. The topological polar surface area (TPSA) is 75.6 Å². The molecular weight excluding hydrogens is 349 g/mol. The molecule has 1 heterocycles. The highest BCUT2D eigenvalue weighted by molar-refractivity contribution is 7.89. The van der Waals surface area contributed by atoms with Crippen LogP contribution in [0.4, 0.5) is 0 Å². The summed E-state index contributed by atoms with van der Waals surface area (Å²) in [6, 6.07) is 2.58. The number of sulfonamides is 1. The van der Waals surface area contributed by atoms with E-state index in [1.807, 2.05) is 0 Å². The Morgan fingerprint density at radius 3 is 2.40 bits per heavy atom. The van der Waals surface area contributed by atoms with E-state index in [0.717, 1.165) is 0 Å². The van der Waals surface area contributed by atoms with Crippen molar-refractivity contribution in [3.8, 4) is 0 Å². The molecule has 1 unspecified atom stereocenters. The molecule has 0 aliphatic carbocycles. The number of aliphatic hydroxyl groups is 1. The highest BCUT2D eigenvalue weighted by atomic mass is 35.5. The summed E-state index contributed by atoms with van der Waals surface area (Å²) in [5, 5.41) is 10.1. The molecule has 20 heavy (non-hydrogen) atoms. The van der Waals surface area contributed by atoms with Crippen molar-refractivity contribution in [2.75, 3.05) is 19.8 Å². The smallest absolute Gasteiger partial charge is 0.243 e. The number of nitrogens with one attached hydrogen (secondary N) is 1. The fraction of sp³-hybridized carbons (Fsp3) is 0.455. The first-order valence-electron chi connectivity index (χ1n) is 5.68. The monoisotopic (exact) mass is 359 g/mol. The lowest BCUT2D eigenvalue weighted by molar-refractivity contribution is 0.0314. The summed E-state index contributed by atoms with van der Waals surface area (Å²) < 4.78 is 31.7. The van der Waals surface area contributed by atoms with Crippen LogP contribution in [0.15, 0.2) is 17.0 Å². The second-order valence-corrected chi connectivity index (χ2v) is 7.50. The Morgan fingerprint density at radius 2 is 1.90 bits per heavy atom. The third-order valence-corrected chi connectivity index (χ3v) is 5.45. The number of hydrogen-bond acceptors (Lipinski definition) is 4. The zero-order valence-corrected chi connectivity index (χ0v) is 13.3. The van der Waals surface area contributed by atoms with Gasteiger partial charge >= 0.3 is 0 Å². The number of halogens is 3. The third-order valence-electron chi connectivity index (χ3n) is 2.91. The fourth-order valence-corrected chi connectivity index (χ4v) is 4.48. The van der Waals surface area contributed by atoms with Gasteiger partial charge in [0.1, 0.15) is 10.5 Å². The van der Waals surface area contributed by atoms with Crippen LogP contribution in [0, 0.1) is 0 Å². The van der Waals surface area contributed by atoms with E-state index >= 15 is 0 Å². The summed E-state index contributed by atoms with van der Waals surface area (Å²) in [7, 11) is -3.95. The third kappa shape index (κ3) is 3.57.